The summed E-state index contributed by atoms with van der Waals surface area (Å²) in [4.78, 5) is 8.58. The van der Waals surface area contributed by atoms with Crippen LogP contribution in [0.2, 0.25) is 0 Å². The minimum Gasteiger partial charge on any atom is -0.390 e. The summed E-state index contributed by atoms with van der Waals surface area (Å²) in [5.41, 5.74) is -0.463. The fourth-order valence-corrected chi connectivity index (χ4v) is 4.95. The molecule has 1 N–H and O–H groups in total. The lowest BCUT2D eigenvalue weighted by molar-refractivity contribution is -0.141. The van der Waals surface area contributed by atoms with Crippen molar-refractivity contribution in [3.05, 3.63) is 23.7 Å². The minimum absolute atomic E-state index is 0.220. The molecule has 7 heteroatoms. The molecule has 2 aliphatic carbocycles. The smallest absolute Gasteiger partial charge is 0.390 e. The van der Waals surface area contributed by atoms with E-state index < -0.39 is 17.5 Å². The van der Waals surface area contributed by atoms with Crippen molar-refractivity contribution in [2.75, 3.05) is 0 Å². The number of pyridine rings is 1. The van der Waals surface area contributed by atoms with Crippen molar-refractivity contribution in [3.63, 3.8) is 0 Å². The van der Waals surface area contributed by atoms with Crippen LogP contribution in [-0.2, 0) is 12.6 Å². The van der Waals surface area contributed by atoms with E-state index in [1.165, 1.54) is 25.3 Å². The van der Waals surface area contributed by atoms with E-state index in [2.05, 4.69) is 9.97 Å². The largest absolute Gasteiger partial charge is 0.433 e. The highest BCUT2D eigenvalue weighted by atomic mass is 19.4. The van der Waals surface area contributed by atoms with Crippen molar-refractivity contribution in [1.82, 2.24) is 14.5 Å². The maximum absolute atomic E-state index is 13.1. The summed E-state index contributed by atoms with van der Waals surface area (Å²) in [5, 5.41) is 10.6. The van der Waals surface area contributed by atoms with E-state index in [1.807, 2.05) is 11.5 Å². The third kappa shape index (κ3) is 5.41. The number of nitrogens with zero attached hydrogens (tertiary/aromatic N) is 3. The Morgan fingerprint density at radius 1 is 1.00 bits per heavy atom. The number of unbranched alkanes of at least 4 members (excludes halogenated alkanes) is 3. The minimum atomic E-state index is -4.44. The van der Waals surface area contributed by atoms with E-state index in [4.69, 9.17) is 0 Å². The van der Waals surface area contributed by atoms with Gasteiger partial charge in [-0.1, -0.05) is 38.5 Å². The molecule has 2 aromatic heterocycles. The van der Waals surface area contributed by atoms with Gasteiger partial charge in [-0.25, -0.2) is 9.97 Å². The molecule has 2 aromatic rings. The van der Waals surface area contributed by atoms with Crippen LogP contribution in [0.5, 0.6) is 0 Å². The van der Waals surface area contributed by atoms with Gasteiger partial charge in [0.1, 0.15) is 17.0 Å². The summed E-state index contributed by atoms with van der Waals surface area (Å²) in [7, 11) is 0. The molecule has 2 fully saturated rings. The van der Waals surface area contributed by atoms with Crippen LogP contribution in [-0.4, -0.2) is 25.2 Å². The Hall–Kier alpha value is -1.63. The Labute approximate surface area is 182 Å². The molecule has 4 rings (SSSR count). The highest BCUT2D eigenvalue weighted by Gasteiger charge is 2.34. The molecule has 0 bridgehead atoms. The van der Waals surface area contributed by atoms with Crippen LogP contribution >= 0.6 is 0 Å². The first-order chi connectivity index (χ1) is 14.7. The number of hydrogen-bond acceptors (Lipinski definition) is 3. The normalized spacial score (nSPS) is 19.9. The first-order valence-electron chi connectivity index (χ1n) is 11.9. The van der Waals surface area contributed by atoms with Gasteiger partial charge in [-0.05, 0) is 63.5 Å². The zero-order valence-corrected chi connectivity index (χ0v) is 18.4. The van der Waals surface area contributed by atoms with Gasteiger partial charge in [0.2, 0.25) is 0 Å². The number of alkyl halides is 3. The van der Waals surface area contributed by atoms with Crippen molar-refractivity contribution in [3.8, 4) is 0 Å². The molecule has 0 aliphatic heterocycles. The molecule has 0 radical (unpaired) electrons. The fraction of sp³-hybridized carbons (Fsp3) is 0.750. The number of rotatable bonds is 10. The molecule has 172 valence electrons. The van der Waals surface area contributed by atoms with E-state index in [1.54, 1.807) is 0 Å². The summed E-state index contributed by atoms with van der Waals surface area (Å²) in [6.07, 6.45) is 9.02. The van der Waals surface area contributed by atoms with Crippen molar-refractivity contribution < 1.29 is 18.3 Å². The lowest BCUT2D eigenvalue weighted by atomic mass is 9.76. The number of fused-ring (bicyclic) bond motifs is 1. The molecule has 2 aliphatic rings. The van der Waals surface area contributed by atoms with Gasteiger partial charge in [0.05, 0.1) is 5.60 Å². The number of imidazole rings is 1. The zero-order valence-electron chi connectivity index (χ0n) is 18.4. The topological polar surface area (TPSA) is 50.9 Å². The molecule has 2 heterocycles. The number of aromatic nitrogens is 3. The van der Waals surface area contributed by atoms with Gasteiger partial charge >= 0.3 is 6.18 Å². The molecular formula is C24H34F3N3O. The summed E-state index contributed by atoms with van der Waals surface area (Å²) >= 11 is 0. The number of halogens is 3. The molecule has 0 aromatic carbocycles. The number of aliphatic hydroxyl groups is 1. The summed E-state index contributed by atoms with van der Waals surface area (Å²) < 4.78 is 41.4. The molecule has 2 saturated carbocycles. The summed E-state index contributed by atoms with van der Waals surface area (Å²) in [6, 6.07) is 2.70. The second-order valence-electron chi connectivity index (χ2n) is 9.93. The average molecular weight is 438 g/mol. The van der Waals surface area contributed by atoms with Crippen LogP contribution in [0.1, 0.15) is 102 Å². The summed E-state index contributed by atoms with van der Waals surface area (Å²) in [6.45, 7) is 1.97. The van der Waals surface area contributed by atoms with Gasteiger partial charge < -0.3 is 9.67 Å². The number of aryl methyl sites for hydroxylation is 1. The third-order valence-electron chi connectivity index (χ3n) is 7.16. The molecule has 0 saturated heterocycles. The first kappa shape index (κ1) is 22.6. The Balaban J connectivity index is 1.32. The van der Waals surface area contributed by atoms with Gasteiger partial charge in [-0.3, -0.25) is 0 Å². The number of hydrogen-bond donors (Lipinski definition) is 1. The second-order valence-corrected chi connectivity index (χ2v) is 9.93. The molecule has 0 amide bonds. The van der Waals surface area contributed by atoms with Gasteiger partial charge in [-0.15, -0.1) is 0 Å². The van der Waals surface area contributed by atoms with Crippen molar-refractivity contribution in [2.45, 2.75) is 108 Å². The molecule has 0 spiro atoms. The Kier molecular flexibility index (Phi) is 6.61. The summed E-state index contributed by atoms with van der Waals surface area (Å²) in [5.74, 6) is 1.57. The van der Waals surface area contributed by atoms with Crippen LogP contribution in [0.15, 0.2) is 12.1 Å². The Morgan fingerprint density at radius 2 is 1.71 bits per heavy atom. The van der Waals surface area contributed by atoms with Gasteiger partial charge in [0, 0.05) is 12.5 Å². The maximum Gasteiger partial charge on any atom is 0.433 e. The molecule has 31 heavy (non-hydrogen) atoms. The second kappa shape index (κ2) is 9.08. The average Bonchev–Trinajstić information content (AvgIpc) is 2.97. The lowest BCUT2D eigenvalue weighted by Gasteiger charge is -2.33. The molecule has 4 nitrogen and oxygen atoms in total. The Bertz CT molecular complexity index is 882. The van der Waals surface area contributed by atoms with Gasteiger partial charge in [0.25, 0.3) is 0 Å². The van der Waals surface area contributed by atoms with Crippen LogP contribution < -0.4 is 0 Å². The van der Waals surface area contributed by atoms with Crippen LogP contribution in [0.25, 0.3) is 11.2 Å². The highest BCUT2D eigenvalue weighted by Crippen LogP contribution is 2.37. The van der Waals surface area contributed by atoms with Crippen molar-refractivity contribution in [2.24, 2.45) is 5.92 Å². The maximum atomic E-state index is 13.1. The van der Waals surface area contributed by atoms with E-state index in [0.29, 0.717) is 17.1 Å². The van der Waals surface area contributed by atoms with E-state index in [9.17, 15) is 18.3 Å². The van der Waals surface area contributed by atoms with Crippen LogP contribution in [0, 0.1) is 5.92 Å². The van der Waals surface area contributed by atoms with E-state index >= 15 is 0 Å². The van der Waals surface area contributed by atoms with Crippen molar-refractivity contribution in [1.29, 1.82) is 0 Å². The van der Waals surface area contributed by atoms with Crippen LogP contribution in [0.3, 0.4) is 0 Å². The van der Waals surface area contributed by atoms with E-state index in [0.717, 1.165) is 76.1 Å². The van der Waals surface area contributed by atoms with E-state index in [-0.39, 0.29) is 6.04 Å². The predicted molar refractivity (Wildman–Crippen MR) is 115 cm³/mol. The zero-order chi connectivity index (χ0) is 22.1. The highest BCUT2D eigenvalue weighted by molar-refractivity contribution is 5.72. The fourth-order valence-electron chi connectivity index (χ4n) is 4.95. The molecule has 1 unspecified atom stereocenters. The Morgan fingerprint density at radius 3 is 2.32 bits per heavy atom. The van der Waals surface area contributed by atoms with Gasteiger partial charge in [0.15, 0.2) is 5.65 Å². The predicted octanol–water partition coefficient (Wildman–Crippen LogP) is 6.61. The monoisotopic (exact) mass is 437 g/mol. The SMILES string of the molecule is CC(O)(CCCCCCc1nc2ccc(C(F)(F)F)nc2n1C1CCC1)CC1CCC1. The quantitative estimate of drug-likeness (QED) is 0.426. The van der Waals surface area contributed by atoms with Crippen molar-refractivity contribution >= 4 is 11.2 Å². The van der Waals surface area contributed by atoms with Crippen LogP contribution in [0.4, 0.5) is 13.2 Å². The van der Waals surface area contributed by atoms with Gasteiger partial charge in [-0.2, -0.15) is 13.2 Å². The molecular weight excluding hydrogens is 403 g/mol. The lowest BCUT2D eigenvalue weighted by Crippen LogP contribution is -2.30. The molecule has 1 atom stereocenters. The standard InChI is InChI=1S/C24H34F3N3O/c1-23(31,16-17-8-6-9-17)15-5-3-2-4-12-21-28-19-13-14-20(24(25,26)27)29-22(19)30(21)18-10-7-11-18/h13-14,17-18,31H,2-12,15-16H2,1H3. The third-order valence-corrected chi connectivity index (χ3v) is 7.16. The first-order valence-corrected chi connectivity index (χ1v) is 11.9.